The summed E-state index contributed by atoms with van der Waals surface area (Å²) in [5, 5.41) is 6.62. The van der Waals surface area contributed by atoms with Crippen molar-refractivity contribution in [2.75, 3.05) is 22.1 Å². The zero-order chi connectivity index (χ0) is 11.1. The SMILES string of the molecule is Nc1cc2c(cc1N)Nc1ccccc1N2. The molecule has 0 aliphatic carbocycles. The molecule has 2 aromatic rings. The zero-order valence-electron chi connectivity index (χ0n) is 8.62. The van der Waals surface area contributed by atoms with Gasteiger partial charge in [-0.15, -0.1) is 0 Å². The maximum Gasteiger partial charge on any atom is 0.0646 e. The number of nitrogen functional groups attached to an aromatic ring is 2. The molecule has 0 unspecified atom stereocenters. The minimum absolute atomic E-state index is 0.590. The van der Waals surface area contributed by atoms with Crippen molar-refractivity contribution in [3.63, 3.8) is 0 Å². The Hall–Kier alpha value is -2.36. The van der Waals surface area contributed by atoms with Crippen LogP contribution in [0.4, 0.5) is 34.1 Å². The number of nitrogens with one attached hydrogen (secondary N) is 2. The largest absolute Gasteiger partial charge is 0.397 e. The van der Waals surface area contributed by atoms with Gasteiger partial charge in [0, 0.05) is 0 Å². The number of anilines is 6. The molecule has 4 nitrogen and oxygen atoms in total. The third kappa shape index (κ3) is 1.24. The van der Waals surface area contributed by atoms with Crippen molar-refractivity contribution < 1.29 is 0 Å². The molecule has 0 bridgehead atoms. The fourth-order valence-electron chi connectivity index (χ4n) is 1.83. The molecule has 1 aliphatic rings. The van der Waals surface area contributed by atoms with Crippen LogP contribution in [0, 0.1) is 0 Å². The fourth-order valence-corrected chi connectivity index (χ4v) is 1.83. The lowest BCUT2D eigenvalue weighted by molar-refractivity contribution is 1.45. The number of hydrogen-bond donors (Lipinski definition) is 4. The summed E-state index contributed by atoms with van der Waals surface area (Å²) < 4.78 is 0. The van der Waals surface area contributed by atoms with Crippen molar-refractivity contribution >= 4 is 34.1 Å². The van der Waals surface area contributed by atoms with Gasteiger partial charge in [0.1, 0.15) is 0 Å². The van der Waals surface area contributed by atoms with Crippen molar-refractivity contribution in [3.8, 4) is 0 Å². The minimum atomic E-state index is 0.590. The van der Waals surface area contributed by atoms with Gasteiger partial charge in [-0.05, 0) is 24.3 Å². The van der Waals surface area contributed by atoms with Crippen LogP contribution in [0.15, 0.2) is 36.4 Å². The molecule has 4 heteroatoms. The molecule has 0 fully saturated rings. The van der Waals surface area contributed by atoms with Gasteiger partial charge in [0.15, 0.2) is 0 Å². The minimum Gasteiger partial charge on any atom is -0.397 e. The number of hydrogen-bond acceptors (Lipinski definition) is 4. The van der Waals surface area contributed by atoms with Gasteiger partial charge in [-0.25, -0.2) is 0 Å². The van der Waals surface area contributed by atoms with Gasteiger partial charge in [0.2, 0.25) is 0 Å². The van der Waals surface area contributed by atoms with Gasteiger partial charge in [-0.1, -0.05) is 12.1 Å². The number of nitrogens with two attached hydrogens (primary N) is 2. The molecule has 3 rings (SSSR count). The first-order valence-electron chi connectivity index (χ1n) is 5.06. The summed E-state index contributed by atoms with van der Waals surface area (Å²) in [4.78, 5) is 0. The van der Waals surface area contributed by atoms with E-state index in [2.05, 4.69) is 10.6 Å². The van der Waals surface area contributed by atoms with Crippen LogP contribution in [0.25, 0.3) is 0 Å². The van der Waals surface area contributed by atoms with Crippen LogP contribution in [0.5, 0.6) is 0 Å². The standard InChI is InChI=1S/C12H12N4/c13-7-5-11-12(6-8(7)14)16-10-4-2-1-3-9(10)15-11/h1-6,15-16H,13-14H2. The molecular formula is C12H12N4. The monoisotopic (exact) mass is 212 g/mol. The highest BCUT2D eigenvalue weighted by Gasteiger charge is 2.14. The smallest absolute Gasteiger partial charge is 0.0646 e. The Balaban J connectivity index is 2.12. The van der Waals surface area contributed by atoms with E-state index < -0.39 is 0 Å². The van der Waals surface area contributed by atoms with E-state index in [9.17, 15) is 0 Å². The van der Waals surface area contributed by atoms with Crippen LogP contribution >= 0.6 is 0 Å². The maximum absolute atomic E-state index is 5.77. The number of fused-ring (bicyclic) bond motifs is 2. The summed E-state index contributed by atoms with van der Waals surface area (Å²) >= 11 is 0. The lowest BCUT2D eigenvalue weighted by Gasteiger charge is -2.23. The third-order valence-electron chi connectivity index (χ3n) is 2.69. The quantitative estimate of drug-likeness (QED) is 0.432. The second kappa shape index (κ2) is 3.06. The Bertz CT molecular complexity index is 513. The first-order valence-corrected chi connectivity index (χ1v) is 5.06. The molecule has 0 radical (unpaired) electrons. The summed E-state index contributed by atoms with van der Waals surface area (Å²) in [5.41, 5.74) is 16.7. The molecule has 0 amide bonds. The lowest BCUT2D eigenvalue weighted by Crippen LogP contribution is -2.07. The zero-order valence-corrected chi connectivity index (χ0v) is 8.62. The van der Waals surface area contributed by atoms with E-state index in [1.807, 2.05) is 36.4 Å². The van der Waals surface area contributed by atoms with Crippen LogP contribution in [-0.4, -0.2) is 0 Å². The van der Waals surface area contributed by atoms with Crippen molar-refractivity contribution in [2.45, 2.75) is 0 Å². The van der Waals surface area contributed by atoms with Crippen molar-refractivity contribution in [1.82, 2.24) is 0 Å². The van der Waals surface area contributed by atoms with Crippen LogP contribution in [-0.2, 0) is 0 Å². The average Bonchev–Trinajstić information content (AvgIpc) is 2.28. The van der Waals surface area contributed by atoms with Crippen molar-refractivity contribution in [2.24, 2.45) is 0 Å². The Morgan fingerprint density at radius 1 is 0.688 bits per heavy atom. The molecule has 0 aromatic heterocycles. The molecule has 1 heterocycles. The van der Waals surface area contributed by atoms with E-state index >= 15 is 0 Å². The van der Waals surface area contributed by atoms with Crippen LogP contribution < -0.4 is 22.1 Å². The highest BCUT2D eigenvalue weighted by atomic mass is 15.0. The van der Waals surface area contributed by atoms with E-state index in [4.69, 9.17) is 11.5 Å². The highest BCUT2D eigenvalue weighted by Crippen LogP contribution is 2.40. The van der Waals surface area contributed by atoms with Crippen LogP contribution in [0.2, 0.25) is 0 Å². The Morgan fingerprint density at radius 3 is 1.56 bits per heavy atom. The lowest BCUT2D eigenvalue weighted by atomic mass is 10.1. The third-order valence-corrected chi connectivity index (χ3v) is 2.69. The predicted molar refractivity (Wildman–Crippen MR) is 68.3 cm³/mol. The molecular weight excluding hydrogens is 200 g/mol. The van der Waals surface area contributed by atoms with Gasteiger partial charge in [0.25, 0.3) is 0 Å². The van der Waals surface area contributed by atoms with E-state index in [1.54, 1.807) is 0 Å². The summed E-state index contributed by atoms with van der Waals surface area (Å²) in [6.45, 7) is 0. The van der Waals surface area contributed by atoms with E-state index in [1.165, 1.54) is 0 Å². The summed E-state index contributed by atoms with van der Waals surface area (Å²) in [7, 11) is 0. The van der Waals surface area contributed by atoms with Gasteiger partial charge in [0.05, 0.1) is 34.1 Å². The first-order chi connectivity index (χ1) is 7.74. The summed E-state index contributed by atoms with van der Waals surface area (Å²) in [6, 6.07) is 11.7. The van der Waals surface area contributed by atoms with Gasteiger partial charge in [-0.2, -0.15) is 0 Å². The number of rotatable bonds is 0. The molecule has 16 heavy (non-hydrogen) atoms. The molecule has 0 saturated carbocycles. The Morgan fingerprint density at radius 2 is 1.12 bits per heavy atom. The second-order valence-electron chi connectivity index (χ2n) is 3.82. The van der Waals surface area contributed by atoms with Crippen LogP contribution in [0.3, 0.4) is 0 Å². The molecule has 0 saturated heterocycles. The van der Waals surface area contributed by atoms with E-state index in [0.29, 0.717) is 11.4 Å². The highest BCUT2D eigenvalue weighted by molar-refractivity contribution is 5.93. The fraction of sp³-hybridized carbons (Fsp3) is 0. The topological polar surface area (TPSA) is 76.1 Å². The molecule has 6 N–H and O–H groups in total. The Labute approximate surface area is 93.3 Å². The van der Waals surface area contributed by atoms with Crippen molar-refractivity contribution in [1.29, 1.82) is 0 Å². The second-order valence-corrected chi connectivity index (χ2v) is 3.82. The number of benzene rings is 2. The number of para-hydroxylation sites is 2. The molecule has 0 spiro atoms. The van der Waals surface area contributed by atoms with Gasteiger partial charge < -0.3 is 22.1 Å². The Kier molecular flexibility index (Phi) is 1.71. The first kappa shape index (κ1) is 8.91. The molecule has 0 atom stereocenters. The van der Waals surface area contributed by atoms with Crippen LogP contribution in [0.1, 0.15) is 0 Å². The molecule has 1 aliphatic heterocycles. The molecule has 80 valence electrons. The predicted octanol–water partition coefficient (Wildman–Crippen LogP) is 2.65. The van der Waals surface area contributed by atoms with E-state index in [-0.39, 0.29) is 0 Å². The van der Waals surface area contributed by atoms with Gasteiger partial charge in [-0.3, -0.25) is 0 Å². The summed E-state index contributed by atoms with van der Waals surface area (Å²) in [5.74, 6) is 0. The summed E-state index contributed by atoms with van der Waals surface area (Å²) in [6.07, 6.45) is 0. The normalized spacial score (nSPS) is 12.0. The van der Waals surface area contributed by atoms with E-state index in [0.717, 1.165) is 22.7 Å². The van der Waals surface area contributed by atoms with Gasteiger partial charge >= 0.3 is 0 Å². The maximum atomic E-state index is 5.77. The van der Waals surface area contributed by atoms with Crippen molar-refractivity contribution in [3.05, 3.63) is 36.4 Å². The molecule has 2 aromatic carbocycles. The average molecular weight is 212 g/mol.